The van der Waals surface area contributed by atoms with Crippen LogP contribution in [0.1, 0.15) is 106 Å². The van der Waals surface area contributed by atoms with Gasteiger partial charge in [-0.25, -0.2) is 0 Å². The molecule has 6 heterocycles. The summed E-state index contributed by atoms with van der Waals surface area (Å²) >= 11 is 0. The van der Waals surface area contributed by atoms with Crippen LogP contribution in [0.2, 0.25) is 0 Å². The molecule has 9 fully saturated rings. The Kier molecular flexibility index (Phi) is 19.6. The van der Waals surface area contributed by atoms with E-state index < -0.39 is 179 Å². The zero-order valence-corrected chi connectivity index (χ0v) is 48.3. The average molecular weight is 1200 g/mol. The molecule has 83 heavy (non-hydrogen) atoms. The maximum Gasteiger partial charge on any atom is 0.187 e. The minimum absolute atomic E-state index is 0.0864. The molecule has 0 spiro atoms. The zero-order valence-electron chi connectivity index (χ0n) is 48.3. The molecule has 0 aromatic heterocycles. The zero-order chi connectivity index (χ0) is 60.1. The molecule has 6 saturated heterocycles. The van der Waals surface area contributed by atoms with Crippen LogP contribution >= 0.6 is 0 Å². The van der Waals surface area contributed by atoms with E-state index >= 15 is 0 Å². The Labute approximate surface area is 483 Å². The number of aliphatic hydroxyl groups excluding tert-OH is 14. The number of allylic oxidation sites excluding steroid dienone is 1. The molecule has 0 aromatic carbocycles. The molecule has 0 radical (unpaired) electrons. The molecule has 26 nitrogen and oxygen atoms in total. The van der Waals surface area contributed by atoms with E-state index in [4.69, 9.17) is 52.1 Å². The fraction of sp³-hybridized carbons (Fsp3) is 0.965. The van der Waals surface area contributed by atoms with E-state index in [1.165, 1.54) is 26.3 Å². The van der Waals surface area contributed by atoms with Crippen LogP contribution in [-0.4, -0.2) is 268 Å². The van der Waals surface area contributed by atoms with Crippen LogP contribution in [0.5, 0.6) is 0 Å². The summed E-state index contributed by atoms with van der Waals surface area (Å²) in [5, 5.41) is 162. The third-order valence-corrected chi connectivity index (χ3v) is 21.5. The quantitative estimate of drug-likeness (QED) is 0.0680. The molecular weight excluding hydrogens is 1100 g/mol. The van der Waals surface area contributed by atoms with Crippen LogP contribution in [0.15, 0.2) is 11.6 Å². The summed E-state index contributed by atoms with van der Waals surface area (Å²) in [7, 11) is 0. The standard InChI is InChI=1S/C57H94O26/c1-21(20-73-50-42(67)40(65)37(62)32(18-58)78-50)10-15-57(72)22(2)34-31(83-57)17-30-28-9-8-26-16-27(11-13-55(26,6)29(28)12-14-56(30,34)7)77-54-49(82-52-44(69)39(64)36(61)24(4)75-52)46(71)48(33(19-59)79-54)81-53-45(70)41(66)47(25(5)76-53)80-51-43(68)38(63)35(60)23(3)74-51/h8,21-25,27-54,58-72H,9-20H2,1-7H3/t21-,22-,23-,24-,25-,27-,28+,29-,30-,31-,32+,33+,34-,35-,36-,37+,38+,39+,40-,41-,42+,43+,44+,45+,46-,47-,48+,49+,50+,51-,52-,53-,54+,55-,56-,57+/m0/s1. The predicted octanol–water partition coefficient (Wildman–Crippen LogP) is -3.13. The molecule has 4 aliphatic carbocycles. The summed E-state index contributed by atoms with van der Waals surface area (Å²) < 4.78 is 66.7. The van der Waals surface area contributed by atoms with Crippen LogP contribution in [0, 0.1) is 46.3 Å². The Morgan fingerprint density at radius 2 is 1.12 bits per heavy atom. The Balaban J connectivity index is 0.786. The van der Waals surface area contributed by atoms with Gasteiger partial charge >= 0.3 is 0 Å². The van der Waals surface area contributed by atoms with Crippen molar-refractivity contribution in [2.24, 2.45) is 46.3 Å². The lowest BCUT2D eigenvalue weighted by atomic mass is 9.47. The second-order valence-electron chi connectivity index (χ2n) is 26.6. The molecule has 0 aromatic rings. The van der Waals surface area contributed by atoms with Crippen LogP contribution < -0.4 is 0 Å². The number of hydrogen-bond donors (Lipinski definition) is 15. The highest BCUT2D eigenvalue weighted by Crippen LogP contribution is 2.70. The van der Waals surface area contributed by atoms with E-state index in [1.54, 1.807) is 0 Å². The molecule has 478 valence electrons. The van der Waals surface area contributed by atoms with Crippen molar-refractivity contribution in [2.45, 2.75) is 278 Å². The summed E-state index contributed by atoms with van der Waals surface area (Å²) in [5.41, 5.74) is 0.970. The number of fused-ring (bicyclic) bond motifs is 7. The second-order valence-corrected chi connectivity index (χ2v) is 26.6. The summed E-state index contributed by atoms with van der Waals surface area (Å²) in [4.78, 5) is 0. The normalized spacial score (nSPS) is 55.9. The topological polar surface area (TPSA) is 405 Å². The Morgan fingerprint density at radius 1 is 0.566 bits per heavy atom. The number of aliphatic hydroxyl groups is 15. The molecule has 3 saturated carbocycles. The molecular formula is C57H94O26. The Bertz CT molecular complexity index is 2200. The van der Waals surface area contributed by atoms with Gasteiger partial charge in [0.05, 0.1) is 50.3 Å². The van der Waals surface area contributed by atoms with Crippen molar-refractivity contribution >= 4 is 0 Å². The molecule has 36 atom stereocenters. The predicted molar refractivity (Wildman–Crippen MR) is 280 cm³/mol. The smallest absolute Gasteiger partial charge is 0.187 e. The van der Waals surface area contributed by atoms with Gasteiger partial charge in [-0.15, -0.1) is 0 Å². The van der Waals surface area contributed by atoms with Gasteiger partial charge in [0, 0.05) is 12.3 Å². The molecule has 6 aliphatic heterocycles. The van der Waals surface area contributed by atoms with E-state index in [0.717, 1.165) is 32.1 Å². The third-order valence-electron chi connectivity index (χ3n) is 21.5. The molecule has 15 N–H and O–H groups in total. The molecule has 10 aliphatic rings. The Morgan fingerprint density at radius 3 is 1.75 bits per heavy atom. The van der Waals surface area contributed by atoms with Gasteiger partial charge in [-0.1, -0.05) is 39.3 Å². The average Bonchev–Trinajstić information content (AvgIpc) is 2.29. The van der Waals surface area contributed by atoms with Crippen molar-refractivity contribution in [1.29, 1.82) is 0 Å². The van der Waals surface area contributed by atoms with Gasteiger partial charge in [-0.3, -0.25) is 0 Å². The highest BCUT2D eigenvalue weighted by Gasteiger charge is 2.68. The minimum Gasteiger partial charge on any atom is -0.394 e. The first-order chi connectivity index (χ1) is 39.2. The van der Waals surface area contributed by atoms with Gasteiger partial charge in [0.15, 0.2) is 37.2 Å². The second kappa shape index (κ2) is 25.2. The van der Waals surface area contributed by atoms with Crippen molar-refractivity contribution in [1.82, 2.24) is 0 Å². The summed E-state index contributed by atoms with van der Waals surface area (Å²) in [6.07, 6.45) is -29.2. The summed E-state index contributed by atoms with van der Waals surface area (Å²) in [6.45, 7) is 12.0. The molecule has 0 bridgehead atoms. The van der Waals surface area contributed by atoms with Crippen molar-refractivity contribution in [2.75, 3.05) is 19.8 Å². The molecule has 0 unspecified atom stereocenters. The van der Waals surface area contributed by atoms with E-state index in [0.29, 0.717) is 43.4 Å². The first-order valence-corrected chi connectivity index (χ1v) is 30.1. The fourth-order valence-electron chi connectivity index (χ4n) is 16.4. The van der Waals surface area contributed by atoms with E-state index in [2.05, 4.69) is 26.8 Å². The Hall–Kier alpha value is -1.30. The highest BCUT2D eigenvalue weighted by atomic mass is 16.8. The van der Waals surface area contributed by atoms with Gasteiger partial charge in [-0.2, -0.15) is 0 Å². The maximum atomic E-state index is 12.3. The lowest BCUT2D eigenvalue weighted by molar-refractivity contribution is -0.394. The van der Waals surface area contributed by atoms with Crippen molar-refractivity contribution in [3.63, 3.8) is 0 Å². The van der Waals surface area contributed by atoms with Crippen molar-refractivity contribution in [3.8, 4) is 0 Å². The van der Waals surface area contributed by atoms with Gasteiger partial charge in [0.2, 0.25) is 0 Å². The van der Waals surface area contributed by atoms with Crippen LogP contribution in [0.3, 0.4) is 0 Å². The largest absolute Gasteiger partial charge is 0.394 e. The SMILES string of the molecule is C[C@@H](CC[C@@]1(O)O[C@H]2C[C@H]3[C@@H]4CC=C5C[C@@H](O[C@@H]6O[C@H](CO)[C@@H](O[C@@H]7O[C@@H](C)[C@H](O[C@@H]8O[C@@H](C)[C@H](O)[C@@H](O)[C@H]8O)[C@@H](O)[C@H]7O)[C@H](O)[C@H]6O[C@@H]6O[C@@H](C)[C@H](O)[C@@H](O)[C@H]6O)CC[C@]5(C)[C@H]4CC[C@]3(C)[C@H]2[C@@H]1C)CO[C@@H]1O[C@H](CO)[C@@H](O)[C@H](O)[C@H]1O. The van der Waals surface area contributed by atoms with Crippen molar-refractivity contribution in [3.05, 3.63) is 11.6 Å². The van der Waals surface area contributed by atoms with Gasteiger partial charge in [0.25, 0.3) is 0 Å². The molecule has 0 amide bonds. The lowest BCUT2D eigenvalue weighted by Gasteiger charge is -2.58. The maximum absolute atomic E-state index is 12.3. The van der Waals surface area contributed by atoms with Crippen molar-refractivity contribution < 1.29 is 129 Å². The van der Waals surface area contributed by atoms with Crippen LogP contribution in [0.4, 0.5) is 0 Å². The fourth-order valence-corrected chi connectivity index (χ4v) is 16.4. The van der Waals surface area contributed by atoms with E-state index in [9.17, 15) is 76.6 Å². The lowest BCUT2D eigenvalue weighted by Crippen LogP contribution is -2.67. The van der Waals surface area contributed by atoms with Gasteiger partial charge in [-0.05, 0) is 113 Å². The summed E-state index contributed by atoms with van der Waals surface area (Å²) in [6, 6.07) is 0. The highest BCUT2D eigenvalue weighted by molar-refractivity contribution is 5.26. The number of rotatable bonds is 16. The van der Waals surface area contributed by atoms with E-state index in [1.807, 2.05) is 6.92 Å². The molecule has 10 rings (SSSR count). The van der Waals surface area contributed by atoms with E-state index in [-0.39, 0.29) is 41.3 Å². The monoisotopic (exact) mass is 1190 g/mol. The van der Waals surface area contributed by atoms with Crippen LogP contribution in [0.25, 0.3) is 0 Å². The third kappa shape index (κ3) is 11.8. The first-order valence-electron chi connectivity index (χ1n) is 30.1. The van der Waals surface area contributed by atoms with Gasteiger partial charge < -0.3 is 129 Å². The number of ether oxygens (including phenoxy) is 11. The van der Waals surface area contributed by atoms with Crippen LogP contribution in [-0.2, 0) is 52.1 Å². The summed E-state index contributed by atoms with van der Waals surface area (Å²) in [5.74, 6) is -0.409. The molecule has 26 heteroatoms. The first kappa shape index (κ1) is 64.7. The number of hydrogen-bond acceptors (Lipinski definition) is 26. The minimum atomic E-state index is -1.88. The van der Waals surface area contributed by atoms with Gasteiger partial charge in [0.1, 0.15) is 104 Å².